The second-order valence-corrected chi connectivity index (χ2v) is 5.57. The number of aliphatic hydroxyl groups excluding tert-OH is 1. The summed E-state index contributed by atoms with van der Waals surface area (Å²) in [6.07, 6.45) is 9.74. The van der Waals surface area contributed by atoms with Crippen LogP contribution in [0.25, 0.3) is 0 Å². The summed E-state index contributed by atoms with van der Waals surface area (Å²) in [6, 6.07) is 0. The van der Waals surface area contributed by atoms with Gasteiger partial charge in [0.05, 0.1) is 6.10 Å². The van der Waals surface area contributed by atoms with Gasteiger partial charge in [0.25, 0.3) is 0 Å². The molecular formula is C15H34N2O. The molecule has 2 N–H and O–H groups in total. The van der Waals surface area contributed by atoms with Crippen LogP contribution in [0.4, 0.5) is 0 Å². The Morgan fingerprint density at radius 1 is 1.00 bits per heavy atom. The molecule has 110 valence electrons. The number of nitrogens with one attached hydrogen (secondary N) is 1. The van der Waals surface area contributed by atoms with Crippen molar-refractivity contribution >= 4 is 0 Å². The lowest BCUT2D eigenvalue weighted by Crippen LogP contribution is -2.29. The first kappa shape index (κ1) is 17.9. The fraction of sp³-hybridized carbons (Fsp3) is 1.00. The van der Waals surface area contributed by atoms with Crippen LogP contribution in [-0.4, -0.2) is 49.8 Å². The van der Waals surface area contributed by atoms with E-state index in [4.69, 9.17) is 0 Å². The van der Waals surface area contributed by atoms with E-state index >= 15 is 0 Å². The smallest absolute Gasteiger partial charge is 0.0664 e. The van der Waals surface area contributed by atoms with Gasteiger partial charge in [0.15, 0.2) is 0 Å². The quantitative estimate of drug-likeness (QED) is 0.499. The van der Waals surface area contributed by atoms with Gasteiger partial charge in [-0.15, -0.1) is 0 Å². The van der Waals surface area contributed by atoms with E-state index in [0.29, 0.717) is 0 Å². The maximum atomic E-state index is 9.79. The third kappa shape index (κ3) is 13.9. The average molecular weight is 258 g/mol. The highest BCUT2D eigenvalue weighted by atomic mass is 16.3. The van der Waals surface area contributed by atoms with Crippen LogP contribution in [0.15, 0.2) is 0 Å². The van der Waals surface area contributed by atoms with E-state index in [1.54, 1.807) is 0 Å². The highest BCUT2D eigenvalue weighted by Gasteiger charge is 2.02. The Balaban J connectivity index is 3.15. The molecule has 0 heterocycles. The van der Waals surface area contributed by atoms with Crippen LogP contribution >= 0.6 is 0 Å². The van der Waals surface area contributed by atoms with Gasteiger partial charge in [0.2, 0.25) is 0 Å². The molecule has 0 rings (SSSR count). The van der Waals surface area contributed by atoms with Crippen LogP contribution in [0.2, 0.25) is 0 Å². The zero-order valence-electron chi connectivity index (χ0n) is 12.7. The minimum absolute atomic E-state index is 0.157. The highest BCUT2D eigenvalue weighted by Crippen LogP contribution is 2.08. The van der Waals surface area contributed by atoms with Gasteiger partial charge >= 0.3 is 0 Å². The summed E-state index contributed by atoms with van der Waals surface area (Å²) in [5, 5.41) is 13.1. The van der Waals surface area contributed by atoms with Gasteiger partial charge < -0.3 is 15.3 Å². The predicted molar refractivity (Wildman–Crippen MR) is 80.0 cm³/mol. The van der Waals surface area contributed by atoms with Crippen LogP contribution in [-0.2, 0) is 0 Å². The first-order valence-corrected chi connectivity index (χ1v) is 7.70. The molecule has 1 atom stereocenters. The largest absolute Gasteiger partial charge is 0.392 e. The summed E-state index contributed by atoms with van der Waals surface area (Å²) in [5.74, 6) is 0. The molecule has 1 unspecified atom stereocenters. The summed E-state index contributed by atoms with van der Waals surface area (Å²) >= 11 is 0. The van der Waals surface area contributed by atoms with Crippen molar-refractivity contribution in [1.82, 2.24) is 10.2 Å². The Kier molecular flexibility index (Phi) is 13.2. The van der Waals surface area contributed by atoms with Crippen molar-refractivity contribution in [2.24, 2.45) is 0 Å². The van der Waals surface area contributed by atoms with Crippen LogP contribution in [0, 0.1) is 0 Å². The molecule has 0 aliphatic rings. The zero-order valence-corrected chi connectivity index (χ0v) is 12.7. The topological polar surface area (TPSA) is 35.5 Å². The molecule has 18 heavy (non-hydrogen) atoms. The average Bonchev–Trinajstić information content (AvgIpc) is 2.33. The summed E-state index contributed by atoms with van der Waals surface area (Å²) in [6.45, 7) is 5.11. The Bertz CT molecular complexity index is 163. The SMILES string of the molecule is CCCCCCCCC(O)CNCCCN(C)C. The van der Waals surface area contributed by atoms with E-state index in [1.807, 2.05) is 0 Å². The minimum Gasteiger partial charge on any atom is -0.392 e. The van der Waals surface area contributed by atoms with Crippen molar-refractivity contribution in [3.63, 3.8) is 0 Å². The molecule has 0 radical (unpaired) electrons. The van der Waals surface area contributed by atoms with Crippen molar-refractivity contribution in [2.75, 3.05) is 33.7 Å². The summed E-state index contributed by atoms with van der Waals surface area (Å²) in [5.41, 5.74) is 0. The van der Waals surface area contributed by atoms with Crippen LogP contribution in [0.5, 0.6) is 0 Å². The molecule has 3 nitrogen and oxygen atoms in total. The van der Waals surface area contributed by atoms with Crippen molar-refractivity contribution in [2.45, 2.75) is 64.4 Å². The number of hydrogen-bond acceptors (Lipinski definition) is 3. The molecule has 0 aliphatic carbocycles. The standard InChI is InChI=1S/C15H34N2O/c1-4-5-6-7-8-9-11-15(18)14-16-12-10-13-17(2)3/h15-16,18H,4-14H2,1-3H3. The van der Waals surface area contributed by atoms with Crippen LogP contribution in [0.3, 0.4) is 0 Å². The van der Waals surface area contributed by atoms with Gasteiger partial charge in [-0.2, -0.15) is 0 Å². The van der Waals surface area contributed by atoms with E-state index in [2.05, 4.69) is 31.2 Å². The second-order valence-electron chi connectivity index (χ2n) is 5.57. The highest BCUT2D eigenvalue weighted by molar-refractivity contribution is 4.60. The first-order valence-electron chi connectivity index (χ1n) is 7.70. The van der Waals surface area contributed by atoms with Crippen molar-refractivity contribution in [1.29, 1.82) is 0 Å². The maximum absolute atomic E-state index is 9.79. The molecule has 3 heteroatoms. The third-order valence-electron chi connectivity index (χ3n) is 3.23. The molecule has 0 aromatic heterocycles. The molecule has 0 saturated heterocycles. The van der Waals surface area contributed by atoms with Gasteiger partial charge in [-0.05, 0) is 40.0 Å². The van der Waals surface area contributed by atoms with Crippen molar-refractivity contribution < 1.29 is 5.11 Å². The zero-order chi connectivity index (χ0) is 13.6. The van der Waals surface area contributed by atoms with Crippen LogP contribution < -0.4 is 5.32 Å². The van der Waals surface area contributed by atoms with E-state index < -0.39 is 0 Å². The van der Waals surface area contributed by atoms with Gasteiger partial charge in [0, 0.05) is 6.54 Å². The first-order chi connectivity index (χ1) is 8.66. The third-order valence-corrected chi connectivity index (χ3v) is 3.23. The fourth-order valence-electron chi connectivity index (χ4n) is 2.05. The van der Waals surface area contributed by atoms with Crippen molar-refractivity contribution in [3.8, 4) is 0 Å². The molecule has 0 aromatic carbocycles. The minimum atomic E-state index is -0.157. The Labute approximate surface area is 114 Å². The Hall–Kier alpha value is -0.120. The van der Waals surface area contributed by atoms with Crippen LogP contribution in [0.1, 0.15) is 58.3 Å². The number of aliphatic hydroxyl groups is 1. The lowest BCUT2D eigenvalue weighted by Gasteiger charge is -2.13. The van der Waals surface area contributed by atoms with E-state index in [9.17, 15) is 5.11 Å². The summed E-state index contributed by atoms with van der Waals surface area (Å²) in [7, 11) is 4.18. The lowest BCUT2D eigenvalue weighted by molar-refractivity contribution is 0.157. The number of rotatable bonds is 13. The normalized spacial score (nSPS) is 13.2. The lowest BCUT2D eigenvalue weighted by atomic mass is 10.1. The monoisotopic (exact) mass is 258 g/mol. The Morgan fingerprint density at radius 2 is 1.67 bits per heavy atom. The van der Waals surface area contributed by atoms with E-state index in [1.165, 1.54) is 38.5 Å². The molecule has 0 spiro atoms. The predicted octanol–water partition coefficient (Wildman–Crippen LogP) is 2.64. The van der Waals surface area contributed by atoms with E-state index in [0.717, 1.165) is 32.5 Å². The van der Waals surface area contributed by atoms with Gasteiger partial charge in [-0.3, -0.25) is 0 Å². The second kappa shape index (κ2) is 13.3. The summed E-state index contributed by atoms with van der Waals surface area (Å²) in [4.78, 5) is 2.19. The van der Waals surface area contributed by atoms with Gasteiger partial charge in [-0.25, -0.2) is 0 Å². The van der Waals surface area contributed by atoms with Gasteiger partial charge in [-0.1, -0.05) is 45.4 Å². The molecule has 0 aromatic rings. The number of nitrogens with zero attached hydrogens (tertiary/aromatic N) is 1. The van der Waals surface area contributed by atoms with E-state index in [-0.39, 0.29) is 6.10 Å². The molecule has 0 bridgehead atoms. The number of unbranched alkanes of at least 4 members (excludes halogenated alkanes) is 5. The fourth-order valence-corrected chi connectivity index (χ4v) is 2.05. The molecule has 0 aliphatic heterocycles. The molecular weight excluding hydrogens is 224 g/mol. The molecule has 0 saturated carbocycles. The van der Waals surface area contributed by atoms with Gasteiger partial charge in [0.1, 0.15) is 0 Å². The summed E-state index contributed by atoms with van der Waals surface area (Å²) < 4.78 is 0. The number of hydrogen-bond donors (Lipinski definition) is 2. The Morgan fingerprint density at radius 3 is 2.33 bits per heavy atom. The maximum Gasteiger partial charge on any atom is 0.0664 e. The molecule has 0 fully saturated rings. The molecule has 0 amide bonds. The van der Waals surface area contributed by atoms with Crippen molar-refractivity contribution in [3.05, 3.63) is 0 Å².